The van der Waals surface area contributed by atoms with Crippen molar-refractivity contribution in [3.05, 3.63) is 48.5 Å². The molecule has 1 N–H and O–H groups in total. The van der Waals surface area contributed by atoms with Crippen LogP contribution >= 0.6 is 0 Å². The Balaban J connectivity index is 0.000000921. The van der Waals surface area contributed by atoms with E-state index in [0.717, 1.165) is 5.57 Å². The molecule has 15 heavy (non-hydrogen) atoms. The summed E-state index contributed by atoms with van der Waals surface area (Å²) in [5, 5.41) is 12.9. The lowest BCUT2D eigenvalue weighted by Crippen LogP contribution is -2.24. The molecule has 0 unspecified atom stereocenters. The number of hydrogen-bond acceptors (Lipinski definition) is 3. The molecule has 0 amide bonds. The van der Waals surface area contributed by atoms with E-state index in [0.29, 0.717) is 5.47 Å². The van der Waals surface area contributed by atoms with Crippen LogP contribution in [-0.4, -0.2) is 18.4 Å². The van der Waals surface area contributed by atoms with Crippen molar-refractivity contribution in [1.29, 1.82) is 0 Å². The van der Waals surface area contributed by atoms with Crippen LogP contribution in [0.5, 0.6) is 0 Å². The van der Waals surface area contributed by atoms with Crippen molar-refractivity contribution in [3.63, 3.8) is 0 Å². The molecule has 1 aliphatic heterocycles. The molecule has 4 heteroatoms. The summed E-state index contributed by atoms with van der Waals surface area (Å²) < 4.78 is 4.65. The summed E-state index contributed by atoms with van der Waals surface area (Å²) in [4.78, 5) is 0. The van der Waals surface area contributed by atoms with Crippen LogP contribution < -0.4 is 0 Å². The van der Waals surface area contributed by atoms with Gasteiger partial charge in [-0.15, -0.1) is 5.16 Å². The molecule has 0 bridgehead atoms. The highest BCUT2D eigenvalue weighted by atomic mass is 16.6. The van der Waals surface area contributed by atoms with Gasteiger partial charge in [-0.25, -0.2) is 0 Å². The van der Waals surface area contributed by atoms with Crippen LogP contribution in [0.3, 0.4) is 0 Å². The summed E-state index contributed by atoms with van der Waals surface area (Å²) in [6.07, 6.45) is 8.13. The van der Waals surface area contributed by atoms with E-state index in [1.807, 2.05) is 13.8 Å². The summed E-state index contributed by atoms with van der Waals surface area (Å²) >= 11 is 0. The van der Waals surface area contributed by atoms with Crippen LogP contribution in [0.15, 0.2) is 53.7 Å². The summed E-state index contributed by atoms with van der Waals surface area (Å²) in [7, 11) is -1.02. The highest BCUT2D eigenvalue weighted by Crippen LogP contribution is 2.16. The van der Waals surface area contributed by atoms with Crippen molar-refractivity contribution in [2.75, 3.05) is 0 Å². The Morgan fingerprint density at radius 1 is 1.33 bits per heavy atom. The zero-order chi connectivity index (χ0) is 11.7. The molecule has 0 aliphatic carbocycles. The Kier molecular flexibility index (Phi) is 7.02. The Hall–Kier alpha value is -1.55. The van der Waals surface area contributed by atoms with Crippen molar-refractivity contribution in [2.45, 2.75) is 13.8 Å². The van der Waals surface area contributed by atoms with Crippen LogP contribution in [-0.2, 0) is 4.76 Å². The lowest BCUT2D eigenvalue weighted by atomic mass is 9.73. The first-order valence-corrected chi connectivity index (χ1v) is 4.82. The van der Waals surface area contributed by atoms with E-state index < -0.39 is 7.12 Å². The molecule has 0 aromatic carbocycles. The average Bonchev–Trinajstić information content (AvgIpc) is 2.26. The Labute approximate surface area is 91.3 Å². The molecule has 0 saturated carbocycles. The molecule has 0 saturated heterocycles. The van der Waals surface area contributed by atoms with E-state index in [2.05, 4.69) is 23.1 Å². The molecule has 1 heterocycles. The zero-order valence-corrected chi connectivity index (χ0v) is 9.18. The van der Waals surface area contributed by atoms with Gasteiger partial charge in [0.05, 0.1) is 6.21 Å². The van der Waals surface area contributed by atoms with E-state index >= 15 is 0 Å². The highest BCUT2D eigenvalue weighted by Gasteiger charge is 2.26. The van der Waals surface area contributed by atoms with Gasteiger partial charge in [0.15, 0.2) is 0 Å². The summed E-state index contributed by atoms with van der Waals surface area (Å²) in [5.41, 5.74) is 1.40. The van der Waals surface area contributed by atoms with Gasteiger partial charge in [-0.1, -0.05) is 51.3 Å². The minimum absolute atomic E-state index is 0.630. The van der Waals surface area contributed by atoms with Gasteiger partial charge in [0.25, 0.3) is 0 Å². The predicted octanol–water partition coefficient (Wildman–Crippen LogP) is 2.27. The van der Waals surface area contributed by atoms with Gasteiger partial charge < -0.3 is 9.78 Å². The van der Waals surface area contributed by atoms with Gasteiger partial charge in [0.2, 0.25) is 0 Å². The quantitative estimate of drug-likeness (QED) is 0.702. The van der Waals surface area contributed by atoms with Crippen LogP contribution in [0.25, 0.3) is 0 Å². The second-order valence-electron chi connectivity index (χ2n) is 2.41. The molecule has 3 nitrogen and oxygen atoms in total. The number of hydrogen-bond donors (Lipinski definition) is 1. The Morgan fingerprint density at radius 2 is 1.93 bits per heavy atom. The molecule has 80 valence electrons. The molecule has 0 radical (unpaired) electrons. The maximum atomic E-state index is 9.37. The molecule has 1 aliphatic rings. The first-order chi connectivity index (χ1) is 7.29. The van der Waals surface area contributed by atoms with E-state index in [-0.39, 0.29) is 0 Å². The number of allylic oxidation sites excluding steroid dienone is 6. The second kappa shape index (κ2) is 7.82. The van der Waals surface area contributed by atoms with E-state index in [4.69, 9.17) is 0 Å². The maximum absolute atomic E-state index is 9.37. The van der Waals surface area contributed by atoms with Crippen LogP contribution in [0.4, 0.5) is 0 Å². The minimum atomic E-state index is -1.02. The largest absolute Gasteiger partial charge is 0.583 e. The van der Waals surface area contributed by atoms with Gasteiger partial charge in [-0.05, 0) is 5.57 Å². The van der Waals surface area contributed by atoms with Crippen molar-refractivity contribution in [1.82, 2.24) is 0 Å². The zero-order valence-electron chi connectivity index (χ0n) is 9.18. The third kappa shape index (κ3) is 4.00. The SMILES string of the molecule is C=C/C=C1/B(O)ON=C/C1=C/C=C.CC. The fourth-order valence-corrected chi connectivity index (χ4v) is 0.990. The van der Waals surface area contributed by atoms with Crippen LogP contribution in [0, 0.1) is 0 Å². The fourth-order valence-electron chi connectivity index (χ4n) is 0.990. The van der Waals surface area contributed by atoms with Gasteiger partial charge in [0, 0.05) is 5.47 Å². The molecule has 0 spiro atoms. The van der Waals surface area contributed by atoms with Gasteiger partial charge in [-0.2, -0.15) is 0 Å². The van der Waals surface area contributed by atoms with Crippen molar-refractivity contribution >= 4 is 13.3 Å². The summed E-state index contributed by atoms with van der Waals surface area (Å²) in [5.74, 6) is 0. The number of rotatable bonds is 2. The van der Waals surface area contributed by atoms with Crippen molar-refractivity contribution < 1.29 is 9.78 Å². The molecule has 0 aromatic heterocycles. The third-order valence-corrected chi connectivity index (χ3v) is 1.55. The average molecular weight is 205 g/mol. The number of nitrogens with zero attached hydrogens (tertiary/aromatic N) is 1. The van der Waals surface area contributed by atoms with Crippen LogP contribution in [0.1, 0.15) is 13.8 Å². The lowest BCUT2D eigenvalue weighted by Gasteiger charge is -2.13. The molecule has 0 fully saturated rings. The van der Waals surface area contributed by atoms with Crippen molar-refractivity contribution in [3.8, 4) is 0 Å². The first-order valence-electron chi connectivity index (χ1n) is 4.82. The van der Waals surface area contributed by atoms with Crippen molar-refractivity contribution in [2.24, 2.45) is 5.16 Å². The summed E-state index contributed by atoms with van der Waals surface area (Å²) in [6.45, 7) is 11.1. The molecular formula is C11H16BNO2. The lowest BCUT2D eigenvalue weighted by molar-refractivity contribution is 0.281. The number of oxime groups is 1. The molecule has 0 aromatic rings. The monoisotopic (exact) mass is 205 g/mol. The van der Waals surface area contributed by atoms with E-state index in [1.165, 1.54) is 6.21 Å². The topological polar surface area (TPSA) is 41.8 Å². The van der Waals surface area contributed by atoms with Gasteiger partial charge in [0.1, 0.15) is 0 Å². The van der Waals surface area contributed by atoms with E-state index in [1.54, 1.807) is 24.3 Å². The molecule has 0 atom stereocenters. The van der Waals surface area contributed by atoms with Crippen LogP contribution in [0.2, 0.25) is 0 Å². The standard InChI is InChI=1S/C9H10BNO2.C2H6/c1-3-5-8-7-11-13-10(12)9(8)6-4-2;1-2/h3-7,12H,1-2H2;1-2H3/b8-5-,9-6+;. The third-order valence-electron chi connectivity index (χ3n) is 1.55. The molecule has 1 rings (SSSR count). The Bertz CT molecular complexity index is 306. The van der Waals surface area contributed by atoms with E-state index in [9.17, 15) is 5.02 Å². The normalized spacial score (nSPS) is 19.3. The minimum Gasteiger partial charge on any atom is -0.427 e. The Morgan fingerprint density at radius 3 is 2.47 bits per heavy atom. The fraction of sp³-hybridized carbons (Fsp3) is 0.182. The first kappa shape index (κ1) is 13.5. The second-order valence-corrected chi connectivity index (χ2v) is 2.41. The highest BCUT2D eigenvalue weighted by molar-refractivity contribution is 6.55. The van der Waals surface area contributed by atoms with Gasteiger partial charge in [-0.3, -0.25) is 0 Å². The van der Waals surface area contributed by atoms with Gasteiger partial charge >= 0.3 is 7.12 Å². The summed E-state index contributed by atoms with van der Waals surface area (Å²) in [6, 6.07) is 0. The molecular weight excluding hydrogens is 189 g/mol. The predicted molar refractivity (Wildman–Crippen MR) is 65.5 cm³/mol. The smallest absolute Gasteiger partial charge is 0.427 e. The maximum Gasteiger partial charge on any atom is 0.583 e.